The minimum Gasteiger partial charge on any atom is -0.271 e. The van der Waals surface area contributed by atoms with Crippen molar-refractivity contribution < 1.29 is 0 Å². The fraction of sp³-hybridized carbons (Fsp3) is 0.769. The van der Waals surface area contributed by atoms with Gasteiger partial charge in [0.25, 0.3) is 0 Å². The van der Waals surface area contributed by atoms with E-state index < -0.39 is 0 Å². The molecule has 0 amide bonds. The van der Waals surface area contributed by atoms with Gasteiger partial charge in [-0.05, 0) is 37.5 Å². The van der Waals surface area contributed by atoms with Gasteiger partial charge in [0.1, 0.15) is 0 Å². The molecule has 0 saturated heterocycles. The molecule has 1 aromatic rings. The summed E-state index contributed by atoms with van der Waals surface area (Å²) < 4.78 is 0. The average Bonchev–Trinajstić information content (AvgIpc) is 2.71. The van der Waals surface area contributed by atoms with Gasteiger partial charge in [-0.2, -0.15) is 0 Å². The van der Waals surface area contributed by atoms with E-state index in [0.29, 0.717) is 5.92 Å². The van der Waals surface area contributed by atoms with E-state index >= 15 is 0 Å². The van der Waals surface area contributed by atoms with Crippen molar-refractivity contribution in [2.45, 2.75) is 46.1 Å². The van der Waals surface area contributed by atoms with Crippen LogP contribution in [0.4, 0.5) is 0 Å². The summed E-state index contributed by atoms with van der Waals surface area (Å²) >= 11 is 1.76. The maximum atomic E-state index is 5.75. The first-order chi connectivity index (χ1) is 8.11. The van der Waals surface area contributed by atoms with Crippen molar-refractivity contribution in [2.75, 3.05) is 0 Å². The quantitative estimate of drug-likeness (QED) is 0.643. The average molecular weight is 253 g/mol. The van der Waals surface area contributed by atoms with Crippen LogP contribution in [0.25, 0.3) is 0 Å². The first-order valence-corrected chi connectivity index (χ1v) is 7.32. The van der Waals surface area contributed by atoms with E-state index in [0.717, 1.165) is 16.8 Å². The Morgan fingerprint density at radius 2 is 2.18 bits per heavy atom. The van der Waals surface area contributed by atoms with Gasteiger partial charge < -0.3 is 0 Å². The van der Waals surface area contributed by atoms with Gasteiger partial charge in [0.15, 0.2) is 0 Å². The number of rotatable bonds is 3. The molecule has 0 spiro atoms. The molecule has 0 aliphatic heterocycles. The zero-order valence-corrected chi connectivity index (χ0v) is 11.8. The van der Waals surface area contributed by atoms with Crippen LogP contribution < -0.4 is 11.3 Å². The lowest BCUT2D eigenvalue weighted by Crippen LogP contribution is -2.36. The zero-order chi connectivity index (χ0) is 12.4. The third-order valence-corrected chi connectivity index (χ3v) is 5.23. The van der Waals surface area contributed by atoms with E-state index in [-0.39, 0.29) is 6.04 Å². The van der Waals surface area contributed by atoms with Crippen molar-refractivity contribution in [2.24, 2.45) is 23.6 Å². The topological polar surface area (TPSA) is 50.9 Å². The van der Waals surface area contributed by atoms with E-state index in [1.54, 1.807) is 11.3 Å². The van der Waals surface area contributed by atoms with Crippen LogP contribution in [0.3, 0.4) is 0 Å². The number of nitrogens with zero attached hydrogens (tertiary/aromatic N) is 1. The van der Waals surface area contributed by atoms with Gasteiger partial charge in [-0.3, -0.25) is 11.3 Å². The van der Waals surface area contributed by atoms with Gasteiger partial charge in [-0.15, -0.1) is 11.3 Å². The van der Waals surface area contributed by atoms with Crippen molar-refractivity contribution in [3.63, 3.8) is 0 Å². The molecule has 4 atom stereocenters. The van der Waals surface area contributed by atoms with E-state index in [1.165, 1.54) is 24.1 Å². The summed E-state index contributed by atoms with van der Waals surface area (Å²) in [6, 6.07) is 0.288. The number of hydrogen-bond donors (Lipinski definition) is 2. The fourth-order valence-corrected chi connectivity index (χ4v) is 3.80. The molecule has 0 bridgehead atoms. The van der Waals surface area contributed by atoms with Crippen LogP contribution >= 0.6 is 11.3 Å². The Bertz CT molecular complexity index is 363. The lowest BCUT2D eigenvalue weighted by atomic mass is 9.73. The molecule has 4 unspecified atom stereocenters. The Hall–Kier alpha value is -0.450. The minimum atomic E-state index is 0.288. The van der Waals surface area contributed by atoms with Crippen LogP contribution in [0.1, 0.15) is 49.0 Å². The maximum absolute atomic E-state index is 5.75. The largest absolute Gasteiger partial charge is 0.271 e. The first kappa shape index (κ1) is 13.0. The summed E-state index contributed by atoms with van der Waals surface area (Å²) in [7, 11) is 0. The zero-order valence-electron chi connectivity index (χ0n) is 10.9. The summed E-state index contributed by atoms with van der Waals surface area (Å²) in [6.07, 6.45) is 5.85. The molecule has 17 heavy (non-hydrogen) atoms. The van der Waals surface area contributed by atoms with E-state index in [2.05, 4.69) is 24.3 Å². The Morgan fingerprint density at radius 1 is 1.41 bits per heavy atom. The maximum Gasteiger partial charge on any atom is 0.0897 e. The summed E-state index contributed by atoms with van der Waals surface area (Å²) in [5.74, 6) is 8.07. The third kappa shape index (κ3) is 2.87. The van der Waals surface area contributed by atoms with Crippen LogP contribution in [0.2, 0.25) is 0 Å². The second kappa shape index (κ2) is 5.46. The van der Waals surface area contributed by atoms with Crippen molar-refractivity contribution in [3.8, 4) is 0 Å². The number of nitrogens with two attached hydrogens (primary N) is 1. The Labute approximate surface area is 108 Å². The van der Waals surface area contributed by atoms with E-state index in [9.17, 15) is 0 Å². The number of hydrazine groups is 1. The molecular weight excluding hydrogens is 230 g/mol. The van der Waals surface area contributed by atoms with Crippen molar-refractivity contribution in [1.82, 2.24) is 10.4 Å². The van der Waals surface area contributed by atoms with Crippen LogP contribution in [0.15, 0.2) is 6.20 Å². The number of thiazole rings is 1. The van der Waals surface area contributed by atoms with Gasteiger partial charge >= 0.3 is 0 Å². The molecular formula is C13H23N3S. The summed E-state index contributed by atoms with van der Waals surface area (Å²) in [5, 5.41) is 1.12. The van der Waals surface area contributed by atoms with Gasteiger partial charge in [0.05, 0.1) is 11.0 Å². The van der Waals surface area contributed by atoms with Crippen molar-refractivity contribution in [1.29, 1.82) is 0 Å². The molecule has 96 valence electrons. The summed E-state index contributed by atoms with van der Waals surface area (Å²) in [4.78, 5) is 5.63. The highest BCUT2D eigenvalue weighted by Gasteiger charge is 2.31. The second-order valence-corrected chi connectivity index (χ2v) is 6.72. The minimum absolute atomic E-state index is 0.288. The van der Waals surface area contributed by atoms with Gasteiger partial charge in [-0.25, -0.2) is 4.98 Å². The molecule has 1 aliphatic carbocycles. The molecule has 3 nitrogen and oxygen atoms in total. The second-order valence-electron chi connectivity index (χ2n) is 5.45. The van der Waals surface area contributed by atoms with E-state index in [1.807, 2.05) is 13.1 Å². The first-order valence-electron chi connectivity index (χ1n) is 6.50. The highest BCUT2D eigenvalue weighted by molar-refractivity contribution is 7.11. The predicted octanol–water partition coefficient (Wildman–Crippen LogP) is 3.03. The van der Waals surface area contributed by atoms with Crippen LogP contribution in [-0.4, -0.2) is 4.98 Å². The standard InChI is InChI=1S/C13H23N3S/c1-8-4-5-11(6-9(8)2)13(16-14)12-7-15-10(3)17-12/h7-9,11,13,16H,4-6,14H2,1-3H3. The summed E-state index contributed by atoms with van der Waals surface area (Å²) in [5.41, 5.74) is 3.01. The molecule has 1 heterocycles. The van der Waals surface area contributed by atoms with Crippen LogP contribution in [-0.2, 0) is 0 Å². The van der Waals surface area contributed by atoms with Crippen molar-refractivity contribution >= 4 is 11.3 Å². The molecule has 1 aromatic heterocycles. The lowest BCUT2D eigenvalue weighted by molar-refractivity contribution is 0.172. The molecule has 0 radical (unpaired) electrons. The molecule has 3 N–H and O–H groups in total. The predicted molar refractivity (Wildman–Crippen MR) is 72.6 cm³/mol. The van der Waals surface area contributed by atoms with Gasteiger partial charge in [-0.1, -0.05) is 20.3 Å². The fourth-order valence-electron chi connectivity index (χ4n) is 2.86. The van der Waals surface area contributed by atoms with Gasteiger partial charge in [0.2, 0.25) is 0 Å². The number of aryl methyl sites for hydroxylation is 1. The monoisotopic (exact) mass is 253 g/mol. The summed E-state index contributed by atoms with van der Waals surface area (Å²) in [6.45, 7) is 6.78. The molecule has 1 aliphatic rings. The highest BCUT2D eigenvalue weighted by Crippen LogP contribution is 2.40. The highest BCUT2D eigenvalue weighted by atomic mass is 32.1. The molecule has 0 aromatic carbocycles. The van der Waals surface area contributed by atoms with Crippen LogP contribution in [0, 0.1) is 24.7 Å². The van der Waals surface area contributed by atoms with Gasteiger partial charge in [0, 0.05) is 11.1 Å². The lowest BCUT2D eigenvalue weighted by Gasteiger charge is -2.36. The van der Waals surface area contributed by atoms with Crippen molar-refractivity contribution in [3.05, 3.63) is 16.1 Å². The molecule has 1 saturated carbocycles. The molecule has 4 heteroatoms. The Kier molecular flexibility index (Phi) is 4.17. The Balaban J connectivity index is 2.08. The number of hydrogen-bond acceptors (Lipinski definition) is 4. The SMILES string of the molecule is Cc1ncc(C(NN)C2CCC(C)C(C)C2)s1. The Morgan fingerprint density at radius 3 is 2.71 bits per heavy atom. The van der Waals surface area contributed by atoms with Crippen LogP contribution in [0.5, 0.6) is 0 Å². The smallest absolute Gasteiger partial charge is 0.0897 e. The normalized spacial score (nSPS) is 31.4. The number of aromatic nitrogens is 1. The molecule has 1 fully saturated rings. The number of nitrogens with one attached hydrogen (secondary N) is 1. The molecule has 2 rings (SSSR count). The third-order valence-electron chi connectivity index (χ3n) is 4.24. The van der Waals surface area contributed by atoms with E-state index in [4.69, 9.17) is 5.84 Å².